The smallest absolute Gasteiger partial charge is 0.303 e. The fraction of sp³-hybridized carbons (Fsp3) is 0.583. The highest BCUT2D eigenvalue weighted by Gasteiger charge is 2.19. The third-order valence-corrected chi connectivity index (χ3v) is 3.00. The molecule has 0 aliphatic heterocycles. The first-order valence-corrected chi connectivity index (χ1v) is 6.11. The number of hydrogen-bond acceptors (Lipinski definition) is 5. The lowest BCUT2D eigenvalue weighted by molar-refractivity contribution is -0.137. The number of H-pyrrole nitrogens is 1. The van der Waals surface area contributed by atoms with Crippen LogP contribution in [0.15, 0.2) is 11.1 Å². The number of nitrogens with zero attached hydrogens (tertiary/aromatic N) is 1. The second kappa shape index (κ2) is 6.21. The molecule has 0 bridgehead atoms. The van der Waals surface area contributed by atoms with Gasteiger partial charge < -0.3 is 21.1 Å². The highest BCUT2D eigenvalue weighted by atomic mass is 16.4. The number of hydrogen-bond donors (Lipinski definition) is 4. The normalized spacial score (nSPS) is 11.3. The maximum Gasteiger partial charge on any atom is 0.303 e. The molecule has 0 unspecified atom stereocenters. The summed E-state index contributed by atoms with van der Waals surface area (Å²) >= 11 is 0. The molecule has 0 aliphatic carbocycles. The number of aliphatic carboxylic acids is 1. The first kappa shape index (κ1) is 15.0. The van der Waals surface area contributed by atoms with Crippen LogP contribution in [0.25, 0.3) is 0 Å². The summed E-state index contributed by atoms with van der Waals surface area (Å²) in [6.07, 6.45) is 2.80. The first-order chi connectivity index (χ1) is 8.82. The largest absolute Gasteiger partial charge is 0.481 e. The Morgan fingerprint density at radius 3 is 2.84 bits per heavy atom. The summed E-state index contributed by atoms with van der Waals surface area (Å²) < 4.78 is 0. The number of nitrogen functional groups attached to an aromatic ring is 1. The fourth-order valence-electron chi connectivity index (χ4n) is 1.64. The van der Waals surface area contributed by atoms with E-state index >= 15 is 0 Å². The highest BCUT2D eigenvalue weighted by Crippen LogP contribution is 2.26. The second-order valence-electron chi connectivity index (χ2n) is 5.23. The number of rotatable bonds is 7. The maximum atomic E-state index is 11.3. The van der Waals surface area contributed by atoms with Crippen molar-refractivity contribution in [3.63, 3.8) is 0 Å². The summed E-state index contributed by atoms with van der Waals surface area (Å²) in [6, 6.07) is 0. The molecular weight excluding hydrogens is 248 g/mol. The van der Waals surface area contributed by atoms with E-state index in [1.165, 1.54) is 6.33 Å². The van der Waals surface area contributed by atoms with Crippen LogP contribution in [0.3, 0.4) is 0 Å². The highest BCUT2D eigenvalue weighted by molar-refractivity contribution is 5.66. The van der Waals surface area contributed by atoms with Gasteiger partial charge in [-0.1, -0.05) is 13.8 Å². The van der Waals surface area contributed by atoms with E-state index in [4.69, 9.17) is 10.8 Å². The number of aromatic amines is 1. The maximum absolute atomic E-state index is 11.3. The Morgan fingerprint density at radius 1 is 1.53 bits per heavy atom. The molecule has 0 amide bonds. The number of carbonyl (C=O) groups is 1. The fourth-order valence-corrected chi connectivity index (χ4v) is 1.64. The Morgan fingerprint density at radius 2 is 2.21 bits per heavy atom. The average molecular weight is 268 g/mol. The number of nitrogens with two attached hydrogens (primary N) is 1. The molecule has 5 N–H and O–H groups in total. The van der Waals surface area contributed by atoms with Gasteiger partial charge in [0.25, 0.3) is 5.56 Å². The standard InChI is InChI=1S/C12H20N4O3/c1-12(2,4-3-8(17)18)5-6-14-10-9(13)11(19)16-7-15-10/h7H,3-6,13H2,1-2H3,(H,17,18)(H2,14,15,16,19). The quantitative estimate of drug-likeness (QED) is 0.586. The number of carboxylic acid groups (broad SMARTS) is 1. The van der Waals surface area contributed by atoms with Gasteiger partial charge in [-0.3, -0.25) is 9.59 Å². The predicted octanol–water partition coefficient (Wildman–Crippen LogP) is 1.05. The molecule has 1 heterocycles. The third-order valence-electron chi connectivity index (χ3n) is 3.00. The average Bonchev–Trinajstić information content (AvgIpc) is 2.32. The zero-order valence-electron chi connectivity index (χ0n) is 11.2. The van der Waals surface area contributed by atoms with Gasteiger partial charge in [0.1, 0.15) is 5.69 Å². The summed E-state index contributed by atoms with van der Waals surface area (Å²) in [6.45, 7) is 4.59. The van der Waals surface area contributed by atoms with Crippen molar-refractivity contribution in [2.75, 3.05) is 17.6 Å². The summed E-state index contributed by atoms with van der Waals surface area (Å²) in [5, 5.41) is 11.7. The van der Waals surface area contributed by atoms with Gasteiger partial charge in [-0.2, -0.15) is 0 Å². The van der Waals surface area contributed by atoms with Crippen LogP contribution in [0.5, 0.6) is 0 Å². The van der Waals surface area contributed by atoms with E-state index in [0.29, 0.717) is 18.8 Å². The Hall–Kier alpha value is -2.05. The monoisotopic (exact) mass is 268 g/mol. The minimum absolute atomic E-state index is 0.0610. The van der Waals surface area contributed by atoms with Crippen LogP contribution < -0.4 is 16.6 Å². The molecule has 1 aromatic rings. The van der Waals surface area contributed by atoms with E-state index in [0.717, 1.165) is 6.42 Å². The molecule has 7 nitrogen and oxygen atoms in total. The molecule has 0 fully saturated rings. The minimum atomic E-state index is -0.790. The van der Waals surface area contributed by atoms with Gasteiger partial charge in [0, 0.05) is 13.0 Å². The van der Waals surface area contributed by atoms with Crippen molar-refractivity contribution in [3.05, 3.63) is 16.7 Å². The zero-order chi connectivity index (χ0) is 14.5. The van der Waals surface area contributed by atoms with E-state index in [1.54, 1.807) is 0 Å². The molecule has 1 aromatic heterocycles. The van der Waals surface area contributed by atoms with Crippen LogP contribution >= 0.6 is 0 Å². The Bertz CT molecular complexity index is 496. The molecule has 0 spiro atoms. The van der Waals surface area contributed by atoms with Crippen LogP contribution in [-0.2, 0) is 4.79 Å². The third kappa shape index (κ3) is 4.99. The van der Waals surface area contributed by atoms with Crippen molar-refractivity contribution in [1.29, 1.82) is 0 Å². The Kier molecular flexibility index (Phi) is 4.91. The number of anilines is 2. The van der Waals surface area contributed by atoms with E-state index in [-0.39, 0.29) is 23.1 Å². The lowest BCUT2D eigenvalue weighted by atomic mass is 9.84. The molecule has 0 aliphatic rings. The van der Waals surface area contributed by atoms with Gasteiger partial charge in [-0.25, -0.2) is 4.98 Å². The molecule has 0 radical (unpaired) electrons. The minimum Gasteiger partial charge on any atom is -0.481 e. The van der Waals surface area contributed by atoms with Crippen LogP contribution in [0.4, 0.5) is 11.5 Å². The van der Waals surface area contributed by atoms with Crippen LogP contribution in [0.2, 0.25) is 0 Å². The summed E-state index contributed by atoms with van der Waals surface area (Å²) in [5.41, 5.74) is 5.18. The molecule has 0 saturated carbocycles. The van der Waals surface area contributed by atoms with Gasteiger partial charge in [0.15, 0.2) is 5.82 Å². The molecular formula is C12H20N4O3. The van der Waals surface area contributed by atoms with Crippen molar-refractivity contribution in [3.8, 4) is 0 Å². The van der Waals surface area contributed by atoms with E-state index in [1.807, 2.05) is 13.8 Å². The molecule has 19 heavy (non-hydrogen) atoms. The van der Waals surface area contributed by atoms with Gasteiger partial charge >= 0.3 is 5.97 Å². The second-order valence-corrected chi connectivity index (χ2v) is 5.23. The van der Waals surface area contributed by atoms with Gasteiger partial charge in [-0.05, 0) is 18.3 Å². The molecule has 0 aromatic carbocycles. The number of nitrogens with one attached hydrogen (secondary N) is 2. The van der Waals surface area contributed by atoms with Gasteiger partial charge in [0.2, 0.25) is 0 Å². The van der Waals surface area contributed by atoms with Crippen LogP contribution in [0, 0.1) is 5.41 Å². The van der Waals surface area contributed by atoms with Crippen LogP contribution in [-0.4, -0.2) is 27.6 Å². The molecule has 0 saturated heterocycles. The first-order valence-electron chi connectivity index (χ1n) is 6.11. The summed E-state index contributed by atoms with van der Waals surface area (Å²) in [4.78, 5) is 28.1. The van der Waals surface area contributed by atoms with Crippen molar-refractivity contribution in [2.24, 2.45) is 5.41 Å². The lowest BCUT2D eigenvalue weighted by Gasteiger charge is -2.24. The zero-order valence-corrected chi connectivity index (χ0v) is 11.2. The van der Waals surface area contributed by atoms with Crippen molar-refractivity contribution < 1.29 is 9.90 Å². The Labute approximate surface area is 111 Å². The van der Waals surface area contributed by atoms with Gasteiger partial charge in [-0.15, -0.1) is 0 Å². The predicted molar refractivity (Wildman–Crippen MR) is 73.0 cm³/mol. The Balaban J connectivity index is 2.47. The SMILES string of the molecule is CC(C)(CCNc1nc[nH]c(=O)c1N)CCC(=O)O. The number of carboxylic acids is 1. The van der Waals surface area contributed by atoms with Crippen molar-refractivity contribution in [2.45, 2.75) is 33.1 Å². The van der Waals surface area contributed by atoms with Gasteiger partial charge in [0.05, 0.1) is 6.33 Å². The summed E-state index contributed by atoms with van der Waals surface area (Å²) in [7, 11) is 0. The van der Waals surface area contributed by atoms with E-state index < -0.39 is 5.97 Å². The molecule has 0 atom stereocenters. The summed E-state index contributed by atoms with van der Waals surface area (Å²) in [5.74, 6) is -0.431. The van der Waals surface area contributed by atoms with E-state index in [2.05, 4.69) is 15.3 Å². The number of aromatic nitrogens is 2. The van der Waals surface area contributed by atoms with E-state index in [9.17, 15) is 9.59 Å². The van der Waals surface area contributed by atoms with Crippen molar-refractivity contribution >= 4 is 17.5 Å². The lowest BCUT2D eigenvalue weighted by Crippen LogP contribution is -2.21. The molecule has 1 rings (SSSR count). The topological polar surface area (TPSA) is 121 Å². The molecule has 7 heteroatoms. The van der Waals surface area contributed by atoms with Crippen LogP contribution in [0.1, 0.15) is 33.1 Å². The van der Waals surface area contributed by atoms with Crippen molar-refractivity contribution in [1.82, 2.24) is 9.97 Å². The molecule has 106 valence electrons.